The van der Waals surface area contributed by atoms with E-state index in [0.29, 0.717) is 29.0 Å². The van der Waals surface area contributed by atoms with E-state index in [1.807, 2.05) is 6.07 Å². The van der Waals surface area contributed by atoms with E-state index >= 15 is 0 Å². The second-order valence-electron chi connectivity index (χ2n) is 5.29. The van der Waals surface area contributed by atoms with Gasteiger partial charge >= 0.3 is 5.97 Å². The molecular formula is C18H14FNO3. The van der Waals surface area contributed by atoms with E-state index < -0.39 is 0 Å². The molecule has 1 aliphatic rings. The highest BCUT2D eigenvalue weighted by Gasteiger charge is 2.20. The Morgan fingerprint density at radius 1 is 1.35 bits per heavy atom. The Balaban J connectivity index is 1.96. The molecular weight excluding hydrogens is 297 g/mol. The summed E-state index contributed by atoms with van der Waals surface area (Å²) in [6, 6.07) is 10.4. The fourth-order valence-corrected chi connectivity index (χ4v) is 2.66. The van der Waals surface area contributed by atoms with Crippen LogP contribution in [0.3, 0.4) is 0 Å². The van der Waals surface area contributed by atoms with Crippen LogP contribution in [0.2, 0.25) is 0 Å². The molecule has 1 heterocycles. The van der Waals surface area contributed by atoms with Crippen molar-refractivity contribution < 1.29 is 18.7 Å². The van der Waals surface area contributed by atoms with Gasteiger partial charge in [-0.05, 0) is 47.4 Å². The van der Waals surface area contributed by atoms with Crippen LogP contribution in [-0.4, -0.2) is 13.1 Å². The summed E-state index contributed by atoms with van der Waals surface area (Å²) in [6.45, 7) is 0.333. The predicted octanol–water partition coefficient (Wildman–Crippen LogP) is 3.36. The summed E-state index contributed by atoms with van der Waals surface area (Å²) in [5, 5.41) is 8.95. The van der Waals surface area contributed by atoms with Crippen LogP contribution in [0.5, 0.6) is 5.75 Å². The minimum atomic E-state index is -0.381. The number of hydrogen-bond acceptors (Lipinski definition) is 4. The number of nitrogens with zero attached hydrogens (tertiary/aromatic N) is 1. The highest BCUT2D eigenvalue weighted by Crippen LogP contribution is 2.39. The molecule has 2 aromatic carbocycles. The smallest absolute Gasteiger partial charge is 0.305 e. The predicted molar refractivity (Wildman–Crippen MR) is 81.2 cm³/mol. The Hall–Kier alpha value is -2.87. The molecule has 116 valence electrons. The monoisotopic (exact) mass is 311 g/mol. The van der Waals surface area contributed by atoms with Crippen LogP contribution in [0.4, 0.5) is 4.39 Å². The fraction of sp³-hybridized carbons (Fsp3) is 0.222. The van der Waals surface area contributed by atoms with E-state index in [0.717, 1.165) is 11.1 Å². The van der Waals surface area contributed by atoms with Crippen molar-refractivity contribution in [3.8, 4) is 22.9 Å². The lowest BCUT2D eigenvalue weighted by molar-refractivity contribution is -0.140. The summed E-state index contributed by atoms with van der Waals surface area (Å²) in [5.74, 6) is -0.172. The lowest BCUT2D eigenvalue weighted by Gasteiger charge is -2.22. The highest BCUT2D eigenvalue weighted by atomic mass is 19.1. The number of halogens is 1. The number of benzene rings is 2. The molecule has 0 saturated carbocycles. The SMILES string of the molecule is COC(=O)CCc1cc2c(cc1F)-c1ccc(C#N)cc1CO2. The normalized spacial score (nSPS) is 11.7. The van der Waals surface area contributed by atoms with Crippen LogP contribution in [0.1, 0.15) is 23.1 Å². The van der Waals surface area contributed by atoms with Crippen molar-refractivity contribution in [1.29, 1.82) is 5.26 Å². The van der Waals surface area contributed by atoms with Crippen LogP contribution in [-0.2, 0) is 22.6 Å². The molecule has 0 aliphatic carbocycles. The summed E-state index contributed by atoms with van der Waals surface area (Å²) < 4.78 is 24.6. The summed E-state index contributed by atoms with van der Waals surface area (Å²) in [7, 11) is 1.31. The third-order valence-corrected chi connectivity index (χ3v) is 3.88. The standard InChI is InChI=1S/C18H14FNO3/c1-22-18(21)5-3-12-7-17-15(8-16(12)19)14-4-2-11(9-20)6-13(14)10-23-17/h2,4,6-8H,3,5,10H2,1H3. The van der Waals surface area contributed by atoms with Gasteiger partial charge in [0.25, 0.3) is 0 Å². The first-order valence-corrected chi connectivity index (χ1v) is 7.18. The van der Waals surface area contributed by atoms with Gasteiger partial charge in [0.15, 0.2) is 0 Å². The molecule has 5 heteroatoms. The van der Waals surface area contributed by atoms with Gasteiger partial charge in [-0.15, -0.1) is 0 Å². The first kappa shape index (κ1) is 15.0. The number of ether oxygens (including phenoxy) is 2. The minimum Gasteiger partial charge on any atom is -0.488 e. The highest BCUT2D eigenvalue weighted by molar-refractivity contribution is 5.76. The maximum atomic E-state index is 14.3. The van der Waals surface area contributed by atoms with Gasteiger partial charge in [0, 0.05) is 12.0 Å². The van der Waals surface area contributed by atoms with Gasteiger partial charge in [-0.3, -0.25) is 4.79 Å². The number of methoxy groups -OCH3 is 1. The van der Waals surface area contributed by atoms with Crippen molar-refractivity contribution in [3.05, 3.63) is 52.8 Å². The van der Waals surface area contributed by atoms with Gasteiger partial charge < -0.3 is 9.47 Å². The van der Waals surface area contributed by atoms with Crippen LogP contribution >= 0.6 is 0 Å². The Kier molecular flexibility index (Phi) is 3.98. The van der Waals surface area contributed by atoms with Crippen molar-refractivity contribution in [2.45, 2.75) is 19.4 Å². The van der Waals surface area contributed by atoms with Crippen LogP contribution < -0.4 is 4.74 Å². The average Bonchev–Trinajstić information content (AvgIpc) is 2.59. The molecule has 0 unspecified atom stereocenters. The molecule has 0 saturated heterocycles. The average molecular weight is 311 g/mol. The summed E-state index contributed by atoms with van der Waals surface area (Å²) in [4.78, 5) is 11.2. The summed E-state index contributed by atoms with van der Waals surface area (Å²) in [5.41, 5.74) is 3.36. The molecule has 0 spiro atoms. The third-order valence-electron chi connectivity index (χ3n) is 3.88. The zero-order valence-corrected chi connectivity index (χ0v) is 12.6. The molecule has 1 aliphatic heterocycles. The number of rotatable bonds is 3. The topological polar surface area (TPSA) is 59.3 Å². The second kappa shape index (κ2) is 6.09. The van der Waals surface area contributed by atoms with Gasteiger partial charge in [-0.25, -0.2) is 4.39 Å². The fourth-order valence-electron chi connectivity index (χ4n) is 2.66. The van der Waals surface area contributed by atoms with E-state index in [2.05, 4.69) is 10.8 Å². The van der Waals surface area contributed by atoms with Crippen molar-refractivity contribution in [3.63, 3.8) is 0 Å². The minimum absolute atomic E-state index is 0.119. The second-order valence-corrected chi connectivity index (χ2v) is 5.29. The van der Waals surface area contributed by atoms with Crippen LogP contribution in [0.15, 0.2) is 30.3 Å². The van der Waals surface area contributed by atoms with E-state index in [9.17, 15) is 9.18 Å². The Bertz CT molecular complexity index is 824. The Labute approximate surface area is 133 Å². The zero-order chi connectivity index (χ0) is 16.4. The van der Waals surface area contributed by atoms with Crippen LogP contribution in [0, 0.1) is 17.1 Å². The lowest BCUT2D eigenvalue weighted by atomic mass is 9.93. The molecule has 4 nitrogen and oxygen atoms in total. The zero-order valence-electron chi connectivity index (χ0n) is 12.6. The van der Waals surface area contributed by atoms with Gasteiger partial charge in [-0.1, -0.05) is 6.07 Å². The molecule has 0 amide bonds. The largest absolute Gasteiger partial charge is 0.488 e. The number of aryl methyl sites for hydroxylation is 1. The van der Waals surface area contributed by atoms with E-state index in [4.69, 9.17) is 10.00 Å². The van der Waals surface area contributed by atoms with Crippen molar-refractivity contribution in [1.82, 2.24) is 0 Å². The third kappa shape index (κ3) is 2.88. The van der Waals surface area contributed by atoms with E-state index in [1.165, 1.54) is 13.2 Å². The molecule has 0 aromatic heterocycles. The number of carbonyl (C=O) groups is 1. The first-order chi connectivity index (χ1) is 11.1. The molecule has 0 N–H and O–H groups in total. The summed E-state index contributed by atoms with van der Waals surface area (Å²) in [6.07, 6.45) is 0.379. The van der Waals surface area contributed by atoms with Gasteiger partial charge in [0.1, 0.15) is 18.2 Å². The van der Waals surface area contributed by atoms with Gasteiger partial charge in [0.2, 0.25) is 0 Å². The molecule has 0 radical (unpaired) electrons. The van der Waals surface area contributed by atoms with E-state index in [-0.39, 0.29) is 24.6 Å². The number of fused-ring (bicyclic) bond motifs is 3. The molecule has 23 heavy (non-hydrogen) atoms. The molecule has 0 bridgehead atoms. The molecule has 3 rings (SSSR count). The maximum Gasteiger partial charge on any atom is 0.305 e. The van der Waals surface area contributed by atoms with Crippen molar-refractivity contribution in [2.75, 3.05) is 7.11 Å². The van der Waals surface area contributed by atoms with Crippen molar-refractivity contribution in [2.24, 2.45) is 0 Å². The Morgan fingerprint density at radius 2 is 2.17 bits per heavy atom. The number of nitriles is 1. The quantitative estimate of drug-likeness (QED) is 0.816. The number of esters is 1. The summed E-state index contributed by atoms with van der Waals surface area (Å²) >= 11 is 0. The first-order valence-electron chi connectivity index (χ1n) is 7.18. The molecule has 2 aromatic rings. The van der Waals surface area contributed by atoms with E-state index in [1.54, 1.807) is 18.2 Å². The van der Waals surface area contributed by atoms with Crippen LogP contribution in [0.25, 0.3) is 11.1 Å². The molecule has 0 fully saturated rings. The molecule has 0 atom stereocenters. The maximum absolute atomic E-state index is 14.3. The number of carbonyl (C=O) groups excluding carboxylic acids is 1. The van der Waals surface area contributed by atoms with Gasteiger partial charge in [0.05, 0.1) is 18.7 Å². The number of hydrogen-bond donors (Lipinski definition) is 0. The van der Waals surface area contributed by atoms with Gasteiger partial charge in [-0.2, -0.15) is 5.26 Å². The Morgan fingerprint density at radius 3 is 2.91 bits per heavy atom. The lowest BCUT2D eigenvalue weighted by Crippen LogP contribution is -2.08. The van der Waals surface area contributed by atoms with Crippen molar-refractivity contribution >= 4 is 5.97 Å².